The fraction of sp³-hybridized carbons (Fsp3) is 0.500. The lowest BCUT2D eigenvalue weighted by Gasteiger charge is -2.18. The lowest BCUT2D eigenvalue weighted by Crippen LogP contribution is -2.21. The van der Waals surface area contributed by atoms with Crippen LogP contribution in [0.1, 0.15) is 37.6 Å². The van der Waals surface area contributed by atoms with E-state index >= 15 is 0 Å². The number of aromatic nitrogens is 2. The van der Waals surface area contributed by atoms with Crippen LogP contribution in [-0.4, -0.2) is 23.3 Å². The van der Waals surface area contributed by atoms with Gasteiger partial charge in [-0.1, -0.05) is 5.16 Å². The highest BCUT2D eigenvalue weighted by atomic mass is 16.5. The summed E-state index contributed by atoms with van der Waals surface area (Å²) in [5.41, 5.74) is 3.13. The number of fused-ring (bicyclic) bond motifs is 1. The second-order valence-corrected chi connectivity index (χ2v) is 6.01. The number of rotatable bonds is 2. The van der Waals surface area contributed by atoms with Gasteiger partial charge in [-0.3, -0.25) is 0 Å². The molecule has 1 aromatic carbocycles. The maximum absolute atomic E-state index is 5.77. The predicted molar refractivity (Wildman–Crippen MR) is 79.1 cm³/mol. The Bertz CT molecular complexity index is 659. The van der Waals surface area contributed by atoms with Gasteiger partial charge in [-0.15, -0.1) is 0 Å². The molecule has 2 aliphatic heterocycles. The van der Waals surface area contributed by atoms with Gasteiger partial charge in [0.15, 0.2) is 0 Å². The van der Waals surface area contributed by atoms with Crippen LogP contribution in [0, 0.1) is 0 Å². The molecule has 1 atom stereocenters. The van der Waals surface area contributed by atoms with Gasteiger partial charge in [-0.2, -0.15) is 4.98 Å². The molecule has 5 nitrogen and oxygen atoms in total. The monoisotopic (exact) mass is 285 g/mol. The summed E-state index contributed by atoms with van der Waals surface area (Å²) >= 11 is 0. The number of hydrogen-bond donors (Lipinski definition) is 1. The molecule has 1 N–H and O–H groups in total. The minimum Gasteiger partial charge on any atom is -0.385 e. The Hall–Kier alpha value is -1.88. The standard InChI is InChI=1S/C16H19N3O2/c1-16(7-3-9-20-16)15-18-14(21-19-15)12-5-6-13-11(10-12)4-2-8-17-13/h5-6,10,17H,2-4,7-9H2,1H3. The number of nitrogens with zero attached hydrogens (tertiary/aromatic N) is 2. The second-order valence-electron chi connectivity index (χ2n) is 6.01. The van der Waals surface area contributed by atoms with E-state index in [1.165, 1.54) is 11.3 Å². The molecule has 0 radical (unpaired) electrons. The molecule has 3 heterocycles. The highest BCUT2D eigenvalue weighted by Gasteiger charge is 2.36. The maximum atomic E-state index is 5.77. The van der Waals surface area contributed by atoms with Gasteiger partial charge in [0, 0.05) is 24.4 Å². The number of ether oxygens (including phenoxy) is 1. The first-order chi connectivity index (χ1) is 10.2. The molecule has 1 fully saturated rings. The molecule has 0 amide bonds. The van der Waals surface area contributed by atoms with Crippen molar-refractivity contribution in [3.63, 3.8) is 0 Å². The van der Waals surface area contributed by atoms with Crippen molar-refractivity contribution in [1.82, 2.24) is 10.1 Å². The first-order valence-electron chi connectivity index (χ1n) is 7.60. The summed E-state index contributed by atoms with van der Waals surface area (Å²) in [4.78, 5) is 4.56. The van der Waals surface area contributed by atoms with Crippen molar-refractivity contribution >= 4 is 5.69 Å². The van der Waals surface area contributed by atoms with E-state index in [1.807, 2.05) is 13.0 Å². The molecule has 1 aromatic heterocycles. The number of hydrogen-bond acceptors (Lipinski definition) is 5. The summed E-state index contributed by atoms with van der Waals surface area (Å²) in [6, 6.07) is 6.28. The van der Waals surface area contributed by atoms with Crippen LogP contribution in [0.4, 0.5) is 5.69 Å². The molecule has 2 aromatic rings. The predicted octanol–water partition coefficient (Wildman–Crippen LogP) is 3.12. The first kappa shape index (κ1) is 12.8. The summed E-state index contributed by atoms with van der Waals surface area (Å²) in [5, 5.41) is 7.54. The summed E-state index contributed by atoms with van der Waals surface area (Å²) in [6.45, 7) is 3.85. The molecule has 4 rings (SSSR count). The van der Waals surface area contributed by atoms with Crippen LogP contribution in [-0.2, 0) is 16.8 Å². The van der Waals surface area contributed by atoms with Crippen LogP contribution in [0.2, 0.25) is 0 Å². The van der Waals surface area contributed by atoms with Crippen LogP contribution in [0.5, 0.6) is 0 Å². The SMILES string of the molecule is CC1(c2noc(-c3ccc4c(c3)CCCN4)n2)CCCO1. The molecule has 2 aliphatic rings. The van der Waals surface area contributed by atoms with Crippen LogP contribution in [0.3, 0.4) is 0 Å². The highest BCUT2D eigenvalue weighted by molar-refractivity contribution is 5.63. The van der Waals surface area contributed by atoms with Gasteiger partial charge in [0.2, 0.25) is 5.82 Å². The first-order valence-corrected chi connectivity index (χ1v) is 7.60. The summed E-state index contributed by atoms with van der Waals surface area (Å²) in [7, 11) is 0. The maximum Gasteiger partial charge on any atom is 0.258 e. The molecular formula is C16H19N3O2. The van der Waals surface area contributed by atoms with E-state index in [1.54, 1.807) is 0 Å². The van der Waals surface area contributed by atoms with Crippen molar-refractivity contribution in [1.29, 1.82) is 0 Å². The second kappa shape index (κ2) is 4.84. The van der Waals surface area contributed by atoms with Crippen LogP contribution >= 0.6 is 0 Å². The van der Waals surface area contributed by atoms with E-state index in [9.17, 15) is 0 Å². The highest BCUT2D eigenvalue weighted by Crippen LogP contribution is 2.35. The van der Waals surface area contributed by atoms with Crippen molar-refractivity contribution < 1.29 is 9.26 Å². The van der Waals surface area contributed by atoms with Gasteiger partial charge < -0.3 is 14.6 Å². The molecule has 0 bridgehead atoms. The topological polar surface area (TPSA) is 60.2 Å². The molecule has 0 saturated carbocycles. The number of anilines is 1. The van der Waals surface area contributed by atoms with E-state index in [0.29, 0.717) is 11.7 Å². The van der Waals surface area contributed by atoms with E-state index in [-0.39, 0.29) is 0 Å². The van der Waals surface area contributed by atoms with Crippen molar-refractivity contribution in [2.24, 2.45) is 0 Å². The molecule has 1 unspecified atom stereocenters. The summed E-state index contributed by atoms with van der Waals surface area (Å²) in [6.07, 6.45) is 4.25. The minimum atomic E-state index is -0.391. The smallest absolute Gasteiger partial charge is 0.258 e. The third-order valence-electron chi connectivity index (χ3n) is 4.41. The van der Waals surface area contributed by atoms with Crippen LogP contribution in [0.15, 0.2) is 22.7 Å². The molecule has 1 saturated heterocycles. The summed E-state index contributed by atoms with van der Waals surface area (Å²) < 4.78 is 11.2. The third kappa shape index (κ3) is 2.21. The normalized spacial score (nSPS) is 24.6. The van der Waals surface area contributed by atoms with Crippen molar-refractivity contribution in [2.45, 2.75) is 38.2 Å². The Labute approximate surface area is 123 Å². The lowest BCUT2D eigenvalue weighted by molar-refractivity contribution is 0.00768. The zero-order valence-electron chi connectivity index (χ0n) is 12.2. The van der Waals surface area contributed by atoms with E-state index < -0.39 is 5.60 Å². The van der Waals surface area contributed by atoms with E-state index in [0.717, 1.165) is 44.4 Å². The molecule has 21 heavy (non-hydrogen) atoms. The fourth-order valence-electron chi connectivity index (χ4n) is 3.12. The largest absolute Gasteiger partial charge is 0.385 e. The van der Waals surface area contributed by atoms with E-state index in [4.69, 9.17) is 9.26 Å². The van der Waals surface area contributed by atoms with Gasteiger partial charge in [-0.05, 0) is 56.4 Å². The number of nitrogens with one attached hydrogen (secondary N) is 1. The van der Waals surface area contributed by atoms with Crippen molar-refractivity contribution in [3.8, 4) is 11.5 Å². The lowest BCUT2D eigenvalue weighted by atomic mass is 10.0. The molecule has 5 heteroatoms. The van der Waals surface area contributed by atoms with Gasteiger partial charge in [0.1, 0.15) is 5.60 Å². The zero-order valence-corrected chi connectivity index (χ0v) is 12.2. The zero-order chi connectivity index (χ0) is 14.3. The number of benzene rings is 1. The number of aryl methyl sites for hydroxylation is 1. The Morgan fingerprint density at radius 1 is 1.29 bits per heavy atom. The summed E-state index contributed by atoms with van der Waals surface area (Å²) in [5.74, 6) is 1.24. The van der Waals surface area contributed by atoms with Crippen molar-refractivity contribution in [3.05, 3.63) is 29.6 Å². The van der Waals surface area contributed by atoms with Crippen molar-refractivity contribution in [2.75, 3.05) is 18.5 Å². The molecule has 110 valence electrons. The van der Waals surface area contributed by atoms with Gasteiger partial charge in [0.25, 0.3) is 5.89 Å². The Kier molecular flexibility index (Phi) is 2.96. The Morgan fingerprint density at radius 2 is 2.24 bits per heavy atom. The van der Waals surface area contributed by atoms with Gasteiger partial charge in [0.05, 0.1) is 0 Å². The van der Waals surface area contributed by atoms with Crippen LogP contribution in [0.25, 0.3) is 11.5 Å². The van der Waals surface area contributed by atoms with Crippen LogP contribution < -0.4 is 5.32 Å². The van der Waals surface area contributed by atoms with Gasteiger partial charge in [-0.25, -0.2) is 0 Å². The molecule has 0 spiro atoms. The third-order valence-corrected chi connectivity index (χ3v) is 4.41. The van der Waals surface area contributed by atoms with Gasteiger partial charge >= 0.3 is 0 Å². The molecule has 0 aliphatic carbocycles. The molecular weight excluding hydrogens is 266 g/mol. The fourth-order valence-corrected chi connectivity index (χ4v) is 3.12. The minimum absolute atomic E-state index is 0.391. The average Bonchev–Trinajstić information content (AvgIpc) is 3.17. The van der Waals surface area contributed by atoms with E-state index in [2.05, 4.69) is 27.6 Å². The average molecular weight is 285 g/mol. The Morgan fingerprint density at radius 3 is 3.10 bits per heavy atom. The Balaban J connectivity index is 1.66. The quantitative estimate of drug-likeness (QED) is 0.918.